The molecule has 0 bridgehead atoms. The second-order valence-electron chi connectivity index (χ2n) is 5.76. The molecule has 9 heteroatoms. The van der Waals surface area contributed by atoms with Gasteiger partial charge >= 0.3 is 0 Å². The summed E-state index contributed by atoms with van der Waals surface area (Å²) in [6, 6.07) is 13.1. The Morgan fingerprint density at radius 1 is 1.19 bits per heavy atom. The molecule has 0 aliphatic carbocycles. The molecule has 1 heterocycles. The molecular weight excluding hydrogens is 357 g/mol. The molecule has 0 aliphatic heterocycles. The number of tetrazole rings is 1. The monoisotopic (exact) mass is 375 g/mol. The van der Waals surface area contributed by atoms with E-state index in [0.717, 1.165) is 11.1 Å². The topological polar surface area (TPSA) is 98.9 Å². The summed E-state index contributed by atoms with van der Waals surface area (Å²) < 4.78 is 27.7. The van der Waals surface area contributed by atoms with Crippen LogP contribution < -0.4 is 4.72 Å². The molecule has 7 nitrogen and oxygen atoms in total. The zero-order valence-corrected chi connectivity index (χ0v) is 14.9. The molecular formula is C17H18FN5O2S. The molecule has 2 atom stereocenters. The van der Waals surface area contributed by atoms with Crippen molar-refractivity contribution in [3.8, 4) is 11.4 Å². The quantitative estimate of drug-likeness (QED) is 0.608. The lowest BCUT2D eigenvalue weighted by atomic mass is 10.2. The van der Waals surface area contributed by atoms with Crippen LogP contribution in [0.2, 0.25) is 0 Å². The van der Waals surface area contributed by atoms with Gasteiger partial charge < -0.3 is 9.66 Å². The highest BCUT2D eigenvalue weighted by molar-refractivity contribution is 7.89. The Hall–Kier alpha value is -2.33. The minimum atomic E-state index is -1.39. The second-order valence-corrected chi connectivity index (χ2v) is 7.06. The predicted molar refractivity (Wildman–Crippen MR) is 94.8 cm³/mol. The number of rotatable bonds is 7. The van der Waals surface area contributed by atoms with E-state index in [1.165, 1.54) is 16.9 Å². The lowest BCUT2D eigenvalue weighted by Gasteiger charge is -2.11. The number of nitrogens with one attached hydrogen (secondary N) is 1. The first-order chi connectivity index (χ1) is 12.5. The van der Waals surface area contributed by atoms with Gasteiger partial charge in [0.25, 0.3) is 0 Å². The van der Waals surface area contributed by atoms with Gasteiger partial charge in [0.2, 0.25) is 5.82 Å². The molecule has 0 aliphatic rings. The van der Waals surface area contributed by atoms with Crippen LogP contribution in [0.3, 0.4) is 0 Å². The Balaban J connectivity index is 1.66. The van der Waals surface area contributed by atoms with Crippen LogP contribution in [-0.2, 0) is 17.9 Å². The number of hydrogen-bond donors (Lipinski definition) is 2. The van der Waals surface area contributed by atoms with E-state index >= 15 is 0 Å². The summed E-state index contributed by atoms with van der Waals surface area (Å²) >= 11 is -1.39. The Labute approximate surface area is 153 Å². The first kappa shape index (κ1) is 18.5. The normalized spacial score (nSPS) is 13.5. The van der Waals surface area contributed by atoms with Crippen LogP contribution in [0.15, 0.2) is 53.4 Å². The fourth-order valence-corrected chi connectivity index (χ4v) is 3.13. The molecule has 136 valence electrons. The summed E-state index contributed by atoms with van der Waals surface area (Å²) in [5.41, 5.74) is 1.61. The Morgan fingerprint density at radius 2 is 1.88 bits per heavy atom. The lowest BCUT2D eigenvalue weighted by Crippen LogP contribution is -2.30. The largest absolute Gasteiger partial charge is 0.593 e. The van der Waals surface area contributed by atoms with Crippen molar-refractivity contribution < 1.29 is 14.0 Å². The molecule has 0 radical (unpaired) electrons. The van der Waals surface area contributed by atoms with Crippen LogP contribution >= 0.6 is 0 Å². The third kappa shape index (κ3) is 4.85. The molecule has 3 aromatic rings. The number of hydrogen-bond acceptors (Lipinski definition) is 6. The smallest absolute Gasteiger partial charge is 0.204 e. The Morgan fingerprint density at radius 3 is 2.54 bits per heavy atom. The van der Waals surface area contributed by atoms with Crippen molar-refractivity contribution in [3.05, 3.63) is 59.9 Å². The zero-order chi connectivity index (χ0) is 18.5. The van der Waals surface area contributed by atoms with Gasteiger partial charge in [-0.15, -0.1) is 14.9 Å². The van der Waals surface area contributed by atoms with Crippen molar-refractivity contribution in [2.24, 2.45) is 0 Å². The van der Waals surface area contributed by atoms with E-state index in [9.17, 15) is 14.0 Å². The molecule has 0 fully saturated rings. The van der Waals surface area contributed by atoms with E-state index in [4.69, 9.17) is 0 Å². The molecule has 0 amide bonds. The van der Waals surface area contributed by atoms with Gasteiger partial charge in [0.15, 0.2) is 4.90 Å². The highest BCUT2D eigenvalue weighted by atomic mass is 32.2. The summed E-state index contributed by atoms with van der Waals surface area (Å²) in [6.45, 7) is 2.25. The van der Waals surface area contributed by atoms with Crippen LogP contribution in [0.5, 0.6) is 0 Å². The van der Waals surface area contributed by atoms with Crippen molar-refractivity contribution in [3.63, 3.8) is 0 Å². The van der Waals surface area contributed by atoms with E-state index in [1.807, 2.05) is 0 Å². The van der Waals surface area contributed by atoms with E-state index < -0.39 is 17.5 Å². The van der Waals surface area contributed by atoms with Gasteiger partial charge in [-0.3, -0.25) is 0 Å². The molecule has 1 aromatic heterocycles. The Bertz CT molecular complexity index is 839. The number of aliphatic hydroxyl groups excluding tert-OH is 1. The van der Waals surface area contributed by atoms with Gasteiger partial charge in [-0.25, -0.2) is 4.39 Å². The van der Waals surface area contributed by atoms with Crippen molar-refractivity contribution in [1.82, 2.24) is 24.9 Å². The lowest BCUT2D eigenvalue weighted by molar-refractivity contribution is 0.198. The maximum Gasteiger partial charge on any atom is 0.204 e. The highest BCUT2D eigenvalue weighted by Crippen LogP contribution is 2.17. The molecule has 0 spiro atoms. The fourth-order valence-electron chi connectivity index (χ4n) is 2.19. The third-order valence-electron chi connectivity index (χ3n) is 3.53. The van der Waals surface area contributed by atoms with Crippen molar-refractivity contribution in [2.45, 2.75) is 24.5 Å². The molecule has 0 saturated heterocycles. The van der Waals surface area contributed by atoms with E-state index in [2.05, 4.69) is 20.1 Å². The first-order valence-electron chi connectivity index (χ1n) is 7.97. The van der Waals surface area contributed by atoms with Crippen LogP contribution in [-0.4, -0.2) is 42.5 Å². The van der Waals surface area contributed by atoms with Gasteiger partial charge in [-0.2, -0.15) is 4.80 Å². The SMILES string of the molecule is C[C@H](O)CN[S+]([O-])c1ccc(-c2nnn(Cc3ccc(F)cc3)n2)cc1. The number of nitrogens with zero attached hydrogens (tertiary/aromatic N) is 4. The van der Waals surface area contributed by atoms with Gasteiger partial charge in [0.05, 0.1) is 30.6 Å². The molecule has 0 saturated carbocycles. The van der Waals surface area contributed by atoms with Gasteiger partial charge in [-0.1, -0.05) is 12.1 Å². The highest BCUT2D eigenvalue weighted by Gasteiger charge is 2.13. The molecule has 26 heavy (non-hydrogen) atoms. The number of halogens is 1. The molecule has 3 rings (SSSR count). The third-order valence-corrected chi connectivity index (χ3v) is 4.66. The molecule has 2 N–H and O–H groups in total. The average molecular weight is 375 g/mol. The van der Waals surface area contributed by atoms with Crippen LogP contribution in [0.25, 0.3) is 11.4 Å². The van der Waals surface area contributed by atoms with E-state index in [-0.39, 0.29) is 12.4 Å². The van der Waals surface area contributed by atoms with E-state index in [1.54, 1.807) is 43.3 Å². The zero-order valence-electron chi connectivity index (χ0n) is 14.0. The van der Waals surface area contributed by atoms with Crippen LogP contribution in [0.4, 0.5) is 4.39 Å². The maximum atomic E-state index is 12.9. The second kappa shape index (κ2) is 8.37. The summed E-state index contributed by atoms with van der Waals surface area (Å²) in [7, 11) is 0. The van der Waals surface area contributed by atoms with Gasteiger partial charge in [-0.05, 0) is 54.1 Å². The molecule has 2 aromatic carbocycles. The standard InChI is InChI=1S/C17H18FN5O2S/c1-12(24)10-19-26(25)16-8-4-14(5-9-16)17-20-22-23(21-17)11-13-2-6-15(18)7-3-13/h2-9,12,19,24H,10-11H2,1H3/t12-,26?/m0/s1. The van der Waals surface area contributed by atoms with Crippen molar-refractivity contribution >= 4 is 11.4 Å². The average Bonchev–Trinajstić information content (AvgIpc) is 3.10. The Kier molecular flexibility index (Phi) is 5.94. The van der Waals surface area contributed by atoms with Gasteiger partial charge in [0.1, 0.15) is 5.82 Å². The van der Waals surface area contributed by atoms with Crippen molar-refractivity contribution in [1.29, 1.82) is 0 Å². The van der Waals surface area contributed by atoms with Gasteiger partial charge in [0, 0.05) is 5.56 Å². The molecule has 1 unspecified atom stereocenters. The van der Waals surface area contributed by atoms with Crippen LogP contribution in [0, 0.1) is 5.82 Å². The predicted octanol–water partition coefficient (Wildman–Crippen LogP) is 1.52. The maximum absolute atomic E-state index is 12.9. The minimum Gasteiger partial charge on any atom is -0.593 e. The van der Waals surface area contributed by atoms with Crippen LogP contribution in [0.1, 0.15) is 12.5 Å². The number of benzene rings is 2. The summed E-state index contributed by atoms with van der Waals surface area (Å²) in [6.07, 6.45) is -0.571. The summed E-state index contributed by atoms with van der Waals surface area (Å²) in [4.78, 5) is 2.02. The summed E-state index contributed by atoms with van der Waals surface area (Å²) in [5, 5.41) is 21.5. The first-order valence-corrected chi connectivity index (χ1v) is 9.12. The number of aromatic nitrogens is 4. The van der Waals surface area contributed by atoms with E-state index in [0.29, 0.717) is 17.3 Å². The van der Waals surface area contributed by atoms with Crippen molar-refractivity contribution in [2.75, 3.05) is 6.54 Å². The number of aliphatic hydroxyl groups is 1. The fraction of sp³-hybridized carbons (Fsp3) is 0.235. The minimum absolute atomic E-state index is 0.244. The summed E-state index contributed by atoms with van der Waals surface area (Å²) in [5.74, 6) is 0.155.